The number of carbonyl (C=O) groups is 2. The van der Waals surface area contributed by atoms with E-state index in [1.807, 2.05) is 4.90 Å². The molecule has 10 heteroatoms. The van der Waals surface area contributed by atoms with E-state index in [1.165, 1.54) is 11.0 Å². The molecule has 0 spiro atoms. The number of nitrogens with zero attached hydrogens (tertiary/aromatic N) is 2. The fraction of sp³-hybridized carbons (Fsp3) is 0.556. The minimum atomic E-state index is -4.52. The molecule has 1 fully saturated rings. The van der Waals surface area contributed by atoms with Crippen LogP contribution < -0.4 is 10.2 Å². The summed E-state index contributed by atoms with van der Waals surface area (Å²) in [7, 11) is 1.55. The number of rotatable bonds is 7. The first-order chi connectivity index (χ1) is 13.2. The van der Waals surface area contributed by atoms with Crippen molar-refractivity contribution in [2.45, 2.75) is 13.1 Å². The van der Waals surface area contributed by atoms with Crippen LogP contribution in [0.5, 0.6) is 0 Å². The van der Waals surface area contributed by atoms with Gasteiger partial charge in [0.05, 0.1) is 49.8 Å². The van der Waals surface area contributed by atoms with Crippen molar-refractivity contribution in [2.24, 2.45) is 0 Å². The monoisotopic (exact) mass is 403 g/mol. The summed E-state index contributed by atoms with van der Waals surface area (Å²) >= 11 is 0. The van der Waals surface area contributed by atoms with E-state index in [0.29, 0.717) is 32.0 Å². The van der Waals surface area contributed by atoms with Gasteiger partial charge in [-0.25, -0.2) is 0 Å². The standard InChI is InChI=1S/C18H24F3N3O4/c1-3-28-17(26)12-23(2)11-16(25)22-14-10-13(18(19,20)21)4-5-15(14)24-6-8-27-9-7-24/h4-5,10H,3,6-9,11-12H2,1-2H3,(H,22,25). The number of carbonyl (C=O) groups excluding carboxylic acids is 2. The summed E-state index contributed by atoms with van der Waals surface area (Å²) in [5, 5.41) is 2.54. The molecule has 1 aromatic carbocycles. The van der Waals surface area contributed by atoms with Gasteiger partial charge in [0.2, 0.25) is 5.91 Å². The SMILES string of the molecule is CCOC(=O)CN(C)CC(=O)Nc1cc(C(F)(F)F)ccc1N1CCOCC1. The molecular formula is C18H24F3N3O4. The zero-order chi connectivity index (χ0) is 20.7. The van der Waals surface area contributed by atoms with Gasteiger partial charge in [-0.1, -0.05) is 0 Å². The molecule has 1 heterocycles. The van der Waals surface area contributed by atoms with Crippen LogP contribution in [0.3, 0.4) is 0 Å². The predicted octanol–water partition coefficient (Wildman–Crippen LogP) is 1.98. The van der Waals surface area contributed by atoms with Crippen LogP contribution in [0.15, 0.2) is 18.2 Å². The molecule has 1 N–H and O–H groups in total. The third-order valence-corrected chi connectivity index (χ3v) is 4.07. The molecule has 0 bridgehead atoms. The van der Waals surface area contributed by atoms with E-state index in [4.69, 9.17) is 9.47 Å². The molecule has 1 saturated heterocycles. The second kappa shape index (κ2) is 9.74. The van der Waals surface area contributed by atoms with Crippen molar-refractivity contribution in [3.63, 3.8) is 0 Å². The fourth-order valence-electron chi connectivity index (χ4n) is 2.81. The Bertz CT molecular complexity index is 691. The van der Waals surface area contributed by atoms with Crippen molar-refractivity contribution >= 4 is 23.3 Å². The van der Waals surface area contributed by atoms with Crippen molar-refractivity contribution in [3.8, 4) is 0 Å². The molecule has 0 aliphatic carbocycles. The average Bonchev–Trinajstić information content (AvgIpc) is 2.61. The Labute approximate surface area is 161 Å². The molecule has 1 aromatic rings. The second-order valence-electron chi connectivity index (χ2n) is 6.35. The Morgan fingerprint density at radius 1 is 1.25 bits per heavy atom. The number of ether oxygens (including phenoxy) is 2. The van der Waals surface area contributed by atoms with Crippen LogP contribution in [0.1, 0.15) is 12.5 Å². The number of amides is 1. The van der Waals surface area contributed by atoms with Crippen LogP contribution in [0.2, 0.25) is 0 Å². The van der Waals surface area contributed by atoms with Crippen molar-refractivity contribution in [2.75, 3.05) is 63.3 Å². The number of halogens is 3. The number of esters is 1. The van der Waals surface area contributed by atoms with Gasteiger partial charge >= 0.3 is 12.1 Å². The maximum absolute atomic E-state index is 13.1. The van der Waals surface area contributed by atoms with Gasteiger partial charge in [-0.3, -0.25) is 14.5 Å². The lowest BCUT2D eigenvalue weighted by atomic mass is 10.1. The Kier molecular flexibility index (Phi) is 7.64. The molecular weight excluding hydrogens is 379 g/mol. The van der Waals surface area contributed by atoms with E-state index in [1.54, 1.807) is 14.0 Å². The van der Waals surface area contributed by atoms with Gasteiger partial charge in [0.1, 0.15) is 0 Å². The highest BCUT2D eigenvalue weighted by Gasteiger charge is 2.32. The summed E-state index contributed by atoms with van der Waals surface area (Å²) < 4.78 is 49.4. The minimum absolute atomic E-state index is 0.0752. The lowest BCUT2D eigenvalue weighted by molar-refractivity contribution is -0.144. The molecule has 7 nitrogen and oxygen atoms in total. The average molecular weight is 403 g/mol. The third kappa shape index (κ3) is 6.38. The van der Waals surface area contributed by atoms with Crippen molar-refractivity contribution in [3.05, 3.63) is 23.8 Å². The number of nitrogens with one attached hydrogen (secondary N) is 1. The number of morpholine rings is 1. The highest BCUT2D eigenvalue weighted by Crippen LogP contribution is 2.35. The summed E-state index contributed by atoms with van der Waals surface area (Å²) in [6.45, 7) is 3.57. The van der Waals surface area contributed by atoms with Crippen molar-refractivity contribution < 1.29 is 32.2 Å². The zero-order valence-corrected chi connectivity index (χ0v) is 15.8. The minimum Gasteiger partial charge on any atom is -0.465 e. The molecule has 1 aliphatic heterocycles. The molecule has 1 aliphatic rings. The Balaban J connectivity index is 2.14. The van der Waals surface area contributed by atoms with Crippen LogP contribution in [-0.2, 0) is 25.2 Å². The largest absolute Gasteiger partial charge is 0.465 e. The number of hydrogen-bond donors (Lipinski definition) is 1. The molecule has 156 valence electrons. The normalized spacial score (nSPS) is 14.9. The van der Waals surface area contributed by atoms with Crippen LogP contribution in [0.4, 0.5) is 24.5 Å². The Hall–Kier alpha value is -2.33. The van der Waals surface area contributed by atoms with Crippen LogP contribution in [0, 0.1) is 0 Å². The molecule has 0 saturated carbocycles. The maximum Gasteiger partial charge on any atom is 0.416 e. The molecule has 0 aromatic heterocycles. The molecule has 2 rings (SSSR count). The fourth-order valence-corrected chi connectivity index (χ4v) is 2.81. The van der Waals surface area contributed by atoms with Crippen molar-refractivity contribution in [1.29, 1.82) is 0 Å². The lowest BCUT2D eigenvalue weighted by Gasteiger charge is -2.31. The van der Waals surface area contributed by atoms with Gasteiger partial charge in [-0.15, -0.1) is 0 Å². The highest BCUT2D eigenvalue weighted by atomic mass is 19.4. The van der Waals surface area contributed by atoms with E-state index in [-0.39, 0.29) is 25.4 Å². The van der Waals surface area contributed by atoms with E-state index in [0.717, 1.165) is 12.1 Å². The molecule has 0 atom stereocenters. The Morgan fingerprint density at radius 3 is 2.54 bits per heavy atom. The highest BCUT2D eigenvalue weighted by molar-refractivity contribution is 5.96. The lowest BCUT2D eigenvalue weighted by Crippen LogP contribution is -2.38. The van der Waals surface area contributed by atoms with Gasteiger partial charge in [0.25, 0.3) is 0 Å². The van der Waals surface area contributed by atoms with Crippen LogP contribution in [0.25, 0.3) is 0 Å². The number of anilines is 2. The quantitative estimate of drug-likeness (QED) is 0.702. The maximum atomic E-state index is 13.1. The smallest absolute Gasteiger partial charge is 0.416 e. The van der Waals surface area contributed by atoms with Gasteiger partial charge in [0, 0.05) is 13.1 Å². The summed E-state index contributed by atoms with van der Waals surface area (Å²) in [6, 6.07) is 3.27. The number of benzene rings is 1. The summed E-state index contributed by atoms with van der Waals surface area (Å²) in [5.74, 6) is -1.01. The molecule has 0 radical (unpaired) electrons. The first-order valence-electron chi connectivity index (χ1n) is 8.88. The van der Waals surface area contributed by atoms with Crippen LogP contribution in [-0.4, -0.2) is 69.8 Å². The van der Waals surface area contributed by atoms with E-state index < -0.39 is 23.6 Å². The van der Waals surface area contributed by atoms with E-state index >= 15 is 0 Å². The van der Waals surface area contributed by atoms with E-state index in [9.17, 15) is 22.8 Å². The number of hydrogen-bond acceptors (Lipinski definition) is 6. The molecule has 1 amide bonds. The number of alkyl halides is 3. The van der Waals surface area contributed by atoms with Gasteiger partial charge in [0.15, 0.2) is 0 Å². The summed E-state index contributed by atoms with van der Waals surface area (Å²) in [4.78, 5) is 27.1. The van der Waals surface area contributed by atoms with Gasteiger partial charge in [-0.05, 0) is 32.2 Å². The summed E-state index contributed by atoms with van der Waals surface area (Å²) in [6.07, 6.45) is -4.52. The Morgan fingerprint density at radius 2 is 1.93 bits per heavy atom. The van der Waals surface area contributed by atoms with Crippen molar-refractivity contribution in [1.82, 2.24) is 4.90 Å². The first kappa shape index (κ1) is 22.0. The van der Waals surface area contributed by atoms with E-state index in [2.05, 4.69) is 5.32 Å². The molecule has 0 unspecified atom stereocenters. The second-order valence-corrected chi connectivity index (χ2v) is 6.35. The van der Waals surface area contributed by atoms with Crippen LogP contribution >= 0.6 is 0 Å². The molecule has 28 heavy (non-hydrogen) atoms. The van der Waals surface area contributed by atoms with Gasteiger partial charge in [-0.2, -0.15) is 13.2 Å². The topological polar surface area (TPSA) is 71.1 Å². The van der Waals surface area contributed by atoms with Gasteiger partial charge < -0.3 is 19.7 Å². The third-order valence-electron chi connectivity index (χ3n) is 4.07. The zero-order valence-electron chi connectivity index (χ0n) is 15.8. The first-order valence-corrected chi connectivity index (χ1v) is 8.88. The predicted molar refractivity (Wildman–Crippen MR) is 97.2 cm³/mol. The summed E-state index contributed by atoms with van der Waals surface area (Å²) in [5.41, 5.74) is -0.274. The number of likely N-dealkylation sites (N-methyl/N-ethyl adjacent to an activating group) is 1.